The van der Waals surface area contributed by atoms with Crippen molar-refractivity contribution in [1.82, 2.24) is 5.32 Å². The summed E-state index contributed by atoms with van der Waals surface area (Å²) in [5.74, 6) is 0.493. The fraction of sp³-hybridized carbons (Fsp3) is 0.267. The first kappa shape index (κ1) is 13.1. The Morgan fingerprint density at radius 3 is 3.10 bits per heavy atom. The van der Waals surface area contributed by atoms with Crippen molar-refractivity contribution in [2.75, 3.05) is 19.0 Å². The molecule has 1 aliphatic heterocycles. The molecule has 0 fully saturated rings. The van der Waals surface area contributed by atoms with Crippen LogP contribution in [0.1, 0.15) is 20.8 Å². The molecule has 0 bridgehead atoms. The van der Waals surface area contributed by atoms with E-state index in [0.717, 1.165) is 25.2 Å². The van der Waals surface area contributed by atoms with Gasteiger partial charge in [-0.05, 0) is 47.7 Å². The Labute approximate surface area is 121 Å². The molecular weight excluding hydrogens is 272 g/mol. The summed E-state index contributed by atoms with van der Waals surface area (Å²) in [6, 6.07) is 7.90. The Morgan fingerprint density at radius 1 is 1.35 bits per heavy atom. The molecule has 5 heteroatoms. The van der Waals surface area contributed by atoms with Gasteiger partial charge in [-0.15, -0.1) is 11.3 Å². The number of anilines is 1. The lowest BCUT2D eigenvalue weighted by Crippen LogP contribution is -2.23. The predicted octanol–water partition coefficient (Wildman–Crippen LogP) is 2.65. The van der Waals surface area contributed by atoms with Gasteiger partial charge in [0, 0.05) is 12.2 Å². The summed E-state index contributed by atoms with van der Waals surface area (Å²) in [6.07, 6.45) is 1.04. The van der Waals surface area contributed by atoms with Gasteiger partial charge in [0.15, 0.2) is 0 Å². The molecule has 0 aliphatic carbocycles. The minimum Gasteiger partial charge on any atom is -0.495 e. The van der Waals surface area contributed by atoms with E-state index in [1.165, 1.54) is 22.5 Å². The van der Waals surface area contributed by atoms with Crippen LogP contribution >= 0.6 is 11.3 Å². The van der Waals surface area contributed by atoms with Crippen LogP contribution in [0.2, 0.25) is 0 Å². The molecule has 0 atom stereocenters. The number of benzene rings is 1. The first-order chi connectivity index (χ1) is 9.78. The number of rotatable bonds is 3. The topological polar surface area (TPSA) is 50.4 Å². The zero-order valence-electron chi connectivity index (χ0n) is 11.2. The van der Waals surface area contributed by atoms with Crippen molar-refractivity contribution >= 4 is 22.9 Å². The highest BCUT2D eigenvalue weighted by molar-refractivity contribution is 7.12. The van der Waals surface area contributed by atoms with Crippen LogP contribution in [0.15, 0.2) is 29.6 Å². The third-order valence-electron chi connectivity index (χ3n) is 3.41. The first-order valence-corrected chi connectivity index (χ1v) is 7.41. The molecule has 1 aromatic carbocycles. The average molecular weight is 288 g/mol. The molecule has 2 heterocycles. The number of methoxy groups -OCH3 is 1. The van der Waals surface area contributed by atoms with Crippen LogP contribution in [-0.4, -0.2) is 19.6 Å². The first-order valence-electron chi connectivity index (χ1n) is 6.53. The van der Waals surface area contributed by atoms with Crippen LogP contribution < -0.4 is 15.4 Å². The van der Waals surface area contributed by atoms with E-state index < -0.39 is 0 Å². The molecule has 1 aliphatic rings. The second-order valence-corrected chi connectivity index (χ2v) is 5.60. The number of nitrogens with one attached hydrogen (secondary N) is 2. The molecule has 4 nitrogen and oxygen atoms in total. The molecule has 2 aromatic rings. The van der Waals surface area contributed by atoms with E-state index in [1.54, 1.807) is 13.2 Å². The van der Waals surface area contributed by atoms with E-state index in [-0.39, 0.29) is 5.91 Å². The molecule has 1 amide bonds. The van der Waals surface area contributed by atoms with Crippen molar-refractivity contribution in [2.45, 2.75) is 13.0 Å². The third kappa shape index (κ3) is 2.55. The second kappa shape index (κ2) is 5.64. The van der Waals surface area contributed by atoms with Crippen LogP contribution in [0.3, 0.4) is 0 Å². The average Bonchev–Trinajstić information content (AvgIpc) is 2.95. The number of hydrogen-bond acceptors (Lipinski definition) is 4. The zero-order chi connectivity index (χ0) is 13.9. The van der Waals surface area contributed by atoms with Gasteiger partial charge in [0.2, 0.25) is 0 Å². The second-order valence-electron chi connectivity index (χ2n) is 4.68. The molecule has 0 spiro atoms. The number of carbonyl (C=O) groups is 1. The SMILES string of the molecule is COc1ccsc1C(=O)Nc1ccc2c(c1)CNCC2. The Kier molecular flexibility index (Phi) is 3.71. The largest absolute Gasteiger partial charge is 0.495 e. The molecule has 0 saturated carbocycles. The highest BCUT2D eigenvalue weighted by Gasteiger charge is 2.15. The molecule has 3 rings (SSSR count). The summed E-state index contributed by atoms with van der Waals surface area (Å²) in [4.78, 5) is 12.8. The van der Waals surface area contributed by atoms with Crippen LogP contribution in [0.4, 0.5) is 5.69 Å². The van der Waals surface area contributed by atoms with Gasteiger partial charge in [0.25, 0.3) is 5.91 Å². The number of hydrogen-bond donors (Lipinski definition) is 2. The third-order valence-corrected chi connectivity index (χ3v) is 4.30. The van der Waals surface area contributed by atoms with Crippen molar-refractivity contribution in [3.05, 3.63) is 45.6 Å². The predicted molar refractivity (Wildman–Crippen MR) is 80.7 cm³/mol. The fourth-order valence-corrected chi connectivity index (χ4v) is 3.12. The van der Waals surface area contributed by atoms with E-state index in [1.807, 2.05) is 17.5 Å². The summed E-state index contributed by atoms with van der Waals surface area (Å²) in [6.45, 7) is 1.88. The highest BCUT2D eigenvalue weighted by atomic mass is 32.1. The lowest BCUT2D eigenvalue weighted by molar-refractivity contribution is 0.102. The van der Waals surface area contributed by atoms with Crippen LogP contribution in [0, 0.1) is 0 Å². The minimum atomic E-state index is -0.124. The number of thiophene rings is 1. The fourth-order valence-electron chi connectivity index (χ4n) is 2.37. The van der Waals surface area contributed by atoms with E-state index in [9.17, 15) is 4.79 Å². The number of fused-ring (bicyclic) bond motifs is 1. The molecule has 0 unspecified atom stereocenters. The number of amides is 1. The molecule has 0 radical (unpaired) electrons. The maximum Gasteiger partial charge on any atom is 0.269 e. The molecule has 20 heavy (non-hydrogen) atoms. The van der Waals surface area contributed by atoms with Gasteiger partial charge < -0.3 is 15.4 Å². The van der Waals surface area contributed by atoms with Crippen molar-refractivity contribution in [1.29, 1.82) is 0 Å². The Hall–Kier alpha value is -1.85. The van der Waals surface area contributed by atoms with E-state index in [0.29, 0.717) is 10.6 Å². The van der Waals surface area contributed by atoms with E-state index in [4.69, 9.17) is 4.74 Å². The summed E-state index contributed by atoms with van der Waals surface area (Å²) < 4.78 is 5.17. The Morgan fingerprint density at radius 2 is 2.25 bits per heavy atom. The molecule has 104 valence electrons. The van der Waals surface area contributed by atoms with Crippen LogP contribution in [-0.2, 0) is 13.0 Å². The van der Waals surface area contributed by atoms with Crippen molar-refractivity contribution in [2.24, 2.45) is 0 Å². The quantitative estimate of drug-likeness (QED) is 0.913. The smallest absolute Gasteiger partial charge is 0.269 e. The van der Waals surface area contributed by atoms with Crippen molar-refractivity contribution in [3.63, 3.8) is 0 Å². The van der Waals surface area contributed by atoms with Gasteiger partial charge in [-0.3, -0.25) is 4.79 Å². The van der Waals surface area contributed by atoms with Crippen molar-refractivity contribution < 1.29 is 9.53 Å². The van der Waals surface area contributed by atoms with Gasteiger partial charge in [0.1, 0.15) is 10.6 Å². The summed E-state index contributed by atoms with van der Waals surface area (Å²) >= 11 is 1.38. The molecule has 2 N–H and O–H groups in total. The number of ether oxygens (including phenoxy) is 1. The van der Waals surface area contributed by atoms with Gasteiger partial charge in [0.05, 0.1) is 7.11 Å². The lowest BCUT2D eigenvalue weighted by Gasteiger charge is -2.18. The monoisotopic (exact) mass is 288 g/mol. The maximum absolute atomic E-state index is 12.2. The standard InChI is InChI=1S/C15H16N2O2S/c1-19-13-5-7-20-14(13)15(18)17-12-3-2-10-4-6-16-9-11(10)8-12/h2-3,5,7-8,16H,4,6,9H2,1H3,(H,17,18). The van der Waals surface area contributed by atoms with Gasteiger partial charge in [-0.2, -0.15) is 0 Å². The van der Waals surface area contributed by atoms with Gasteiger partial charge >= 0.3 is 0 Å². The molecule has 1 aromatic heterocycles. The number of carbonyl (C=O) groups excluding carboxylic acids is 1. The molecule has 0 saturated heterocycles. The van der Waals surface area contributed by atoms with Crippen LogP contribution in [0.5, 0.6) is 5.75 Å². The minimum absolute atomic E-state index is 0.124. The van der Waals surface area contributed by atoms with Gasteiger partial charge in [-0.25, -0.2) is 0 Å². The maximum atomic E-state index is 12.2. The normalized spacial score (nSPS) is 13.7. The van der Waals surface area contributed by atoms with E-state index >= 15 is 0 Å². The Bertz CT molecular complexity index is 637. The Balaban J connectivity index is 1.79. The summed E-state index contributed by atoms with van der Waals surface area (Å²) in [7, 11) is 1.57. The highest BCUT2D eigenvalue weighted by Crippen LogP contribution is 2.26. The van der Waals surface area contributed by atoms with Crippen molar-refractivity contribution in [3.8, 4) is 5.75 Å². The van der Waals surface area contributed by atoms with E-state index in [2.05, 4.69) is 16.7 Å². The molecular formula is C15H16N2O2S. The lowest BCUT2D eigenvalue weighted by atomic mass is 10.0. The van der Waals surface area contributed by atoms with Gasteiger partial charge in [-0.1, -0.05) is 6.07 Å². The summed E-state index contributed by atoms with van der Waals surface area (Å²) in [5.41, 5.74) is 3.44. The zero-order valence-corrected chi connectivity index (χ0v) is 12.0. The summed E-state index contributed by atoms with van der Waals surface area (Å²) in [5, 5.41) is 8.12. The van der Waals surface area contributed by atoms with Crippen LogP contribution in [0.25, 0.3) is 0 Å².